The maximum atomic E-state index is 11.5. The lowest BCUT2D eigenvalue weighted by atomic mass is 10.1. The molecule has 2 heterocycles. The second kappa shape index (κ2) is 4.46. The average molecular weight is 295 g/mol. The molecule has 1 aromatic carbocycles. The fourth-order valence-corrected chi connectivity index (χ4v) is 2.64. The quantitative estimate of drug-likeness (QED) is 0.620. The molecule has 1 saturated heterocycles. The first-order valence-corrected chi connectivity index (χ1v) is 6.31. The maximum absolute atomic E-state index is 11.5. The molecule has 1 atom stereocenters. The van der Waals surface area contributed by atoms with Crippen molar-refractivity contribution in [2.75, 3.05) is 23.3 Å². The van der Waals surface area contributed by atoms with Gasteiger partial charge in [-0.15, -0.1) is 0 Å². The van der Waals surface area contributed by atoms with Gasteiger partial charge in [-0.3, -0.25) is 19.7 Å². The third kappa shape index (κ3) is 2.00. The van der Waals surface area contributed by atoms with Crippen LogP contribution in [0.2, 0.25) is 5.02 Å². The number of fused-ring (bicyclic) bond motifs is 1. The summed E-state index contributed by atoms with van der Waals surface area (Å²) in [6.07, 6.45) is 0. The number of carbonyl (C=O) groups is 3. The summed E-state index contributed by atoms with van der Waals surface area (Å²) in [5.74, 6) is -1.09. The molecule has 0 spiro atoms. The molecule has 8 heteroatoms. The lowest BCUT2D eigenvalue weighted by molar-refractivity contribution is -0.130. The molecule has 0 aromatic heterocycles. The van der Waals surface area contributed by atoms with Crippen LogP contribution in [0, 0.1) is 0 Å². The molecular weight excluding hydrogens is 284 g/mol. The van der Waals surface area contributed by atoms with E-state index >= 15 is 0 Å². The van der Waals surface area contributed by atoms with Crippen LogP contribution >= 0.6 is 11.6 Å². The number of nitrogens with two attached hydrogens (primary N) is 1. The van der Waals surface area contributed by atoms with Gasteiger partial charge in [0.15, 0.2) is 0 Å². The molecule has 20 heavy (non-hydrogen) atoms. The van der Waals surface area contributed by atoms with E-state index in [1.807, 2.05) is 0 Å². The molecule has 3 amide bonds. The summed E-state index contributed by atoms with van der Waals surface area (Å²) in [6, 6.07) is 2.47. The summed E-state index contributed by atoms with van der Waals surface area (Å²) in [5.41, 5.74) is 7.41. The Morgan fingerprint density at radius 3 is 2.45 bits per heavy atom. The highest BCUT2D eigenvalue weighted by Gasteiger charge is 2.30. The standard InChI is InChI=1S/C12H11ClN4O3/c13-6-1-5-7(15-12(20)11(5)14)2-8(6)17-3-9(18)16-10(19)4-17/h1-2,11H,3-4,14H2,(H,15,20)(H,16,18,19). The van der Waals surface area contributed by atoms with E-state index in [9.17, 15) is 14.4 Å². The third-order valence-electron chi connectivity index (χ3n) is 3.28. The number of anilines is 2. The molecule has 0 radical (unpaired) electrons. The summed E-state index contributed by atoms with van der Waals surface area (Å²) >= 11 is 6.17. The summed E-state index contributed by atoms with van der Waals surface area (Å²) < 4.78 is 0. The number of nitrogens with one attached hydrogen (secondary N) is 2. The van der Waals surface area contributed by atoms with Gasteiger partial charge in [-0.1, -0.05) is 11.6 Å². The number of piperazine rings is 1. The van der Waals surface area contributed by atoms with Gasteiger partial charge >= 0.3 is 0 Å². The molecule has 104 valence electrons. The molecule has 0 aliphatic carbocycles. The predicted molar refractivity (Wildman–Crippen MR) is 72.4 cm³/mol. The highest BCUT2D eigenvalue weighted by atomic mass is 35.5. The van der Waals surface area contributed by atoms with Gasteiger partial charge in [-0.25, -0.2) is 0 Å². The first kappa shape index (κ1) is 12.9. The van der Waals surface area contributed by atoms with E-state index in [0.717, 1.165) is 0 Å². The number of nitrogens with zero attached hydrogens (tertiary/aromatic N) is 1. The Morgan fingerprint density at radius 1 is 1.15 bits per heavy atom. The summed E-state index contributed by atoms with van der Waals surface area (Å²) in [5, 5.41) is 5.20. The molecule has 4 N–H and O–H groups in total. The molecule has 1 fully saturated rings. The van der Waals surface area contributed by atoms with Crippen LogP contribution in [0.3, 0.4) is 0 Å². The van der Waals surface area contributed by atoms with Gasteiger partial charge in [-0.2, -0.15) is 0 Å². The Morgan fingerprint density at radius 2 is 1.80 bits per heavy atom. The van der Waals surface area contributed by atoms with Gasteiger partial charge in [0.05, 0.1) is 23.8 Å². The number of rotatable bonds is 1. The normalized spacial score (nSPS) is 21.6. The number of hydrogen-bond donors (Lipinski definition) is 3. The van der Waals surface area contributed by atoms with Crippen LogP contribution in [0.5, 0.6) is 0 Å². The van der Waals surface area contributed by atoms with E-state index < -0.39 is 17.9 Å². The lowest BCUT2D eigenvalue weighted by Crippen LogP contribution is -2.51. The maximum Gasteiger partial charge on any atom is 0.246 e. The number of hydrogen-bond acceptors (Lipinski definition) is 5. The van der Waals surface area contributed by atoms with E-state index in [-0.39, 0.29) is 19.0 Å². The zero-order valence-electron chi connectivity index (χ0n) is 10.3. The minimum absolute atomic E-state index is 0.0320. The van der Waals surface area contributed by atoms with Crippen LogP contribution in [0.25, 0.3) is 0 Å². The average Bonchev–Trinajstić information content (AvgIpc) is 2.63. The topological polar surface area (TPSA) is 105 Å². The number of benzene rings is 1. The van der Waals surface area contributed by atoms with Crippen molar-refractivity contribution in [2.45, 2.75) is 6.04 Å². The molecule has 0 saturated carbocycles. The van der Waals surface area contributed by atoms with Gasteiger partial charge in [0.2, 0.25) is 17.7 Å². The minimum Gasteiger partial charge on any atom is -0.352 e. The monoisotopic (exact) mass is 294 g/mol. The van der Waals surface area contributed by atoms with Crippen molar-refractivity contribution in [2.24, 2.45) is 5.73 Å². The van der Waals surface area contributed by atoms with Gasteiger partial charge in [0, 0.05) is 11.3 Å². The van der Waals surface area contributed by atoms with E-state index in [1.54, 1.807) is 17.0 Å². The molecule has 1 aromatic rings. The minimum atomic E-state index is -0.747. The third-order valence-corrected chi connectivity index (χ3v) is 3.59. The first-order valence-electron chi connectivity index (χ1n) is 5.93. The number of halogens is 1. The Hall–Kier alpha value is -2.12. The van der Waals surface area contributed by atoms with Crippen molar-refractivity contribution >= 4 is 40.7 Å². The van der Waals surface area contributed by atoms with Crippen molar-refractivity contribution < 1.29 is 14.4 Å². The van der Waals surface area contributed by atoms with Crippen LogP contribution in [0.1, 0.15) is 11.6 Å². The van der Waals surface area contributed by atoms with Crippen LogP contribution in [0.4, 0.5) is 11.4 Å². The van der Waals surface area contributed by atoms with E-state index in [0.29, 0.717) is 22.0 Å². The molecule has 2 aliphatic heterocycles. The zero-order valence-corrected chi connectivity index (χ0v) is 11.0. The number of carbonyl (C=O) groups excluding carboxylic acids is 3. The van der Waals surface area contributed by atoms with Crippen LogP contribution in [0.15, 0.2) is 12.1 Å². The molecule has 3 rings (SSSR count). The highest BCUT2D eigenvalue weighted by Crippen LogP contribution is 2.38. The smallest absolute Gasteiger partial charge is 0.246 e. The molecular formula is C12H11ClN4O3. The number of amides is 3. The van der Waals surface area contributed by atoms with Crippen molar-refractivity contribution in [3.05, 3.63) is 22.7 Å². The zero-order chi connectivity index (χ0) is 14.4. The fraction of sp³-hybridized carbons (Fsp3) is 0.250. The predicted octanol–water partition coefficient (Wildman–Crippen LogP) is -0.245. The molecule has 1 unspecified atom stereocenters. The summed E-state index contributed by atoms with van der Waals surface area (Å²) in [4.78, 5) is 35.9. The summed E-state index contributed by atoms with van der Waals surface area (Å²) in [6.45, 7) is 0.0640. The van der Waals surface area contributed by atoms with E-state index in [4.69, 9.17) is 17.3 Å². The van der Waals surface area contributed by atoms with Crippen LogP contribution in [-0.2, 0) is 14.4 Å². The second-order valence-electron chi connectivity index (χ2n) is 4.69. The van der Waals surface area contributed by atoms with E-state index in [2.05, 4.69) is 10.6 Å². The van der Waals surface area contributed by atoms with Crippen LogP contribution < -0.4 is 21.3 Å². The Kier molecular flexibility index (Phi) is 2.88. The molecule has 2 aliphatic rings. The Labute approximate surface area is 119 Å². The van der Waals surface area contributed by atoms with Gasteiger partial charge in [0.25, 0.3) is 0 Å². The summed E-state index contributed by atoms with van der Waals surface area (Å²) in [7, 11) is 0. The van der Waals surface area contributed by atoms with Crippen LogP contribution in [-0.4, -0.2) is 30.8 Å². The molecule has 7 nitrogen and oxygen atoms in total. The van der Waals surface area contributed by atoms with E-state index in [1.165, 1.54) is 0 Å². The second-order valence-corrected chi connectivity index (χ2v) is 5.09. The van der Waals surface area contributed by atoms with Crippen molar-refractivity contribution in [1.82, 2.24) is 5.32 Å². The van der Waals surface area contributed by atoms with Crippen molar-refractivity contribution in [3.63, 3.8) is 0 Å². The first-order chi connectivity index (χ1) is 9.45. The Bertz CT molecular complexity index is 630. The SMILES string of the molecule is NC1C(=O)Nc2cc(N3CC(=O)NC(=O)C3)c(Cl)cc21. The van der Waals surface area contributed by atoms with Gasteiger partial charge in [-0.05, 0) is 12.1 Å². The highest BCUT2D eigenvalue weighted by molar-refractivity contribution is 6.34. The molecule has 0 bridgehead atoms. The van der Waals surface area contributed by atoms with Crippen molar-refractivity contribution in [1.29, 1.82) is 0 Å². The van der Waals surface area contributed by atoms with Gasteiger partial charge in [0.1, 0.15) is 6.04 Å². The fourth-order valence-electron chi connectivity index (χ4n) is 2.34. The van der Waals surface area contributed by atoms with Crippen molar-refractivity contribution in [3.8, 4) is 0 Å². The van der Waals surface area contributed by atoms with Gasteiger partial charge < -0.3 is 16.0 Å². The number of imide groups is 1. The largest absolute Gasteiger partial charge is 0.352 e. The Balaban J connectivity index is 1.99. The lowest BCUT2D eigenvalue weighted by Gasteiger charge is -2.28.